The van der Waals surface area contributed by atoms with Crippen molar-refractivity contribution in [2.24, 2.45) is 5.73 Å². The molecule has 202 valence electrons. The zero-order valence-electron chi connectivity index (χ0n) is 21.5. The number of amidine groups is 1. The number of carbonyl (C=O) groups excluding carboxylic acids is 3. The van der Waals surface area contributed by atoms with E-state index in [1.54, 1.807) is 54.3 Å². The predicted octanol–water partition coefficient (Wildman–Crippen LogP) is 4.15. The number of nitrogens with two attached hydrogens (primary N) is 1. The van der Waals surface area contributed by atoms with Gasteiger partial charge in [0.2, 0.25) is 5.91 Å². The molecule has 1 aliphatic heterocycles. The molecule has 0 radical (unpaired) electrons. The van der Waals surface area contributed by atoms with E-state index in [9.17, 15) is 14.4 Å². The molecule has 3 N–H and O–H groups in total. The van der Waals surface area contributed by atoms with Crippen molar-refractivity contribution in [3.8, 4) is 5.75 Å². The van der Waals surface area contributed by atoms with Gasteiger partial charge in [0.1, 0.15) is 24.7 Å². The third kappa shape index (κ3) is 6.94. The highest BCUT2D eigenvalue weighted by Gasteiger charge is 2.32. The molecule has 0 aromatic heterocycles. The van der Waals surface area contributed by atoms with Gasteiger partial charge in [0.25, 0.3) is 5.91 Å². The van der Waals surface area contributed by atoms with Crippen molar-refractivity contribution in [3.63, 3.8) is 0 Å². The number of nitrogen functional groups attached to an aromatic ring is 1. The van der Waals surface area contributed by atoms with E-state index in [1.807, 2.05) is 24.3 Å². The second-order valence-electron chi connectivity index (χ2n) is 8.97. The fourth-order valence-electron chi connectivity index (χ4n) is 4.17. The minimum absolute atomic E-state index is 0.0167. The first-order valence-corrected chi connectivity index (χ1v) is 12.8. The van der Waals surface area contributed by atoms with Gasteiger partial charge in [-0.15, -0.1) is 0 Å². The van der Waals surface area contributed by atoms with Gasteiger partial charge in [0.05, 0.1) is 30.8 Å². The smallest absolute Gasteiger partial charge is 0.307 e. The summed E-state index contributed by atoms with van der Waals surface area (Å²) in [5.41, 5.74) is 8.59. The van der Waals surface area contributed by atoms with Gasteiger partial charge in [-0.25, -0.2) is 0 Å². The first kappa shape index (κ1) is 27.7. The lowest BCUT2D eigenvalue weighted by Crippen LogP contribution is -2.40. The molecule has 3 aromatic rings. The van der Waals surface area contributed by atoms with Crippen molar-refractivity contribution in [2.45, 2.75) is 26.5 Å². The molecule has 3 aromatic carbocycles. The first-order chi connectivity index (χ1) is 18.7. The van der Waals surface area contributed by atoms with Crippen molar-refractivity contribution in [1.29, 1.82) is 5.41 Å². The second-order valence-corrected chi connectivity index (χ2v) is 9.40. The molecule has 0 bridgehead atoms. The summed E-state index contributed by atoms with van der Waals surface area (Å²) < 4.78 is 11.0. The summed E-state index contributed by atoms with van der Waals surface area (Å²) >= 11 is 6.03. The van der Waals surface area contributed by atoms with E-state index in [0.717, 1.165) is 11.1 Å². The van der Waals surface area contributed by atoms with E-state index in [-0.39, 0.29) is 56.9 Å². The van der Waals surface area contributed by atoms with Crippen LogP contribution >= 0.6 is 11.6 Å². The fourth-order valence-corrected chi connectivity index (χ4v) is 4.30. The van der Waals surface area contributed by atoms with Gasteiger partial charge in [-0.2, -0.15) is 0 Å². The van der Waals surface area contributed by atoms with Crippen LogP contribution in [0, 0.1) is 5.41 Å². The summed E-state index contributed by atoms with van der Waals surface area (Å²) in [6.07, 6.45) is -0.0220. The number of carbonyl (C=O) groups is 3. The molecular formula is C29H29ClN4O5. The Labute approximate surface area is 231 Å². The van der Waals surface area contributed by atoms with Gasteiger partial charge in [0, 0.05) is 17.1 Å². The van der Waals surface area contributed by atoms with Gasteiger partial charge in [-0.3, -0.25) is 19.8 Å². The Bertz CT molecular complexity index is 1380. The molecule has 10 heteroatoms. The molecule has 0 saturated heterocycles. The molecule has 0 atom stereocenters. The Kier molecular flexibility index (Phi) is 8.83. The number of fused-ring (bicyclic) bond motifs is 1. The van der Waals surface area contributed by atoms with Crippen LogP contribution in [0.1, 0.15) is 40.4 Å². The van der Waals surface area contributed by atoms with Gasteiger partial charge < -0.3 is 25.0 Å². The van der Waals surface area contributed by atoms with Crippen molar-refractivity contribution >= 4 is 40.9 Å². The number of halogens is 1. The summed E-state index contributed by atoms with van der Waals surface area (Å²) in [7, 11) is 0. The molecule has 0 fully saturated rings. The number of hydrogen-bond acceptors (Lipinski definition) is 6. The number of nitrogens with one attached hydrogen (secondary N) is 1. The lowest BCUT2D eigenvalue weighted by molar-refractivity contribution is -0.143. The normalized spacial score (nSPS) is 13.1. The van der Waals surface area contributed by atoms with Crippen LogP contribution in [0.4, 0.5) is 5.69 Å². The highest BCUT2D eigenvalue weighted by atomic mass is 35.5. The van der Waals surface area contributed by atoms with E-state index >= 15 is 0 Å². The molecule has 1 aliphatic rings. The summed E-state index contributed by atoms with van der Waals surface area (Å²) in [4.78, 5) is 41.9. The molecule has 2 amide bonds. The van der Waals surface area contributed by atoms with E-state index in [1.165, 1.54) is 4.90 Å². The predicted molar refractivity (Wildman–Crippen MR) is 148 cm³/mol. The largest absolute Gasteiger partial charge is 0.489 e. The van der Waals surface area contributed by atoms with Gasteiger partial charge in [0.15, 0.2) is 0 Å². The Hall–Kier alpha value is -4.37. The number of ether oxygens (including phenoxy) is 2. The number of esters is 1. The van der Waals surface area contributed by atoms with E-state index in [2.05, 4.69) is 0 Å². The van der Waals surface area contributed by atoms with Crippen molar-refractivity contribution < 1.29 is 23.9 Å². The summed E-state index contributed by atoms with van der Waals surface area (Å²) in [6.45, 7) is 2.28. The highest BCUT2D eigenvalue weighted by Crippen LogP contribution is 2.31. The average Bonchev–Trinajstić information content (AvgIpc) is 3.02. The lowest BCUT2D eigenvalue weighted by Gasteiger charge is -2.23. The molecule has 0 spiro atoms. The molecule has 0 saturated carbocycles. The average molecular weight is 549 g/mol. The van der Waals surface area contributed by atoms with Gasteiger partial charge >= 0.3 is 5.97 Å². The zero-order valence-corrected chi connectivity index (χ0v) is 22.2. The minimum Gasteiger partial charge on any atom is -0.489 e. The first-order valence-electron chi connectivity index (χ1n) is 12.4. The van der Waals surface area contributed by atoms with Gasteiger partial charge in [-0.1, -0.05) is 48.0 Å². The Morgan fingerprint density at radius 3 is 2.38 bits per heavy atom. The van der Waals surface area contributed by atoms with Crippen molar-refractivity contribution in [1.82, 2.24) is 4.90 Å². The zero-order chi connectivity index (χ0) is 27.9. The van der Waals surface area contributed by atoms with E-state index in [0.29, 0.717) is 27.6 Å². The number of hydrogen-bond donors (Lipinski definition) is 2. The van der Waals surface area contributed by atoms with Gasteiger partial charge in [-0.05, 0) is 48.4 Å². The van der Waals surface area contributed by atoms with Crippen LogP contribution in [0.2, 0.25) is 5.02 Å². The Balaban J connectivity index is 1.61. The summed E-state index contributed by atoms with van der Waals surface area (Å²) in [5.74, 6) is -0.661. The summed E-state index contributed by atoms with van der Waals surface area (Å²) in [6, 6.07) is 19.3. The Morgan fingerprint density at radius 2 is 1.72 bits per heavy atom. The van der Waals surface area contributed by atoms with Crippen LogP contribution in [-0.4, -0.2) is 48.2 Å². The number of benzene rings is 3. The SMILES string of the molecule is CCOC(=O)CCN1CC(=O)N(Cc2ccc(Cl)cc2)c2ccc(OCc3ccc(C(=N)N)cc3)cc2C1=O. The molecule has 39 heavy (non-hydrogen) atoms. The van der Waals surface area contributed by atoms with E-state index in [4.69, 9.17) is 32.2 Å². The fraction of sp³-hybridized carbons (Fsp3) is 0.241. The minimum atomic E-state index is -0.437. The monoisotopic (exact) mass is 548 g/mol. The van der Waals surface area contributed by atoms with Crippen molar-refractivity contribution in [2.75, 3.05) is 24.6 Å². The maximum absolute atomic E-state index is 13.6. The van der Waals surface area contributed by atoms with Crippen LogP contribution < -0.4 is 15.4 Å². The maximum atomic E-state index is 13.6. The maximum Gasteiger partial charge on any atom is 0.307 e. The van der Waals surface area contributed by atoms with Crippen LogP contribution in [0.15, 0.2) is 66.7 Å². The lowest BCUT2D eigenvalue weighted by atomic mass is 10.1. The second kappa shape index (κ2) is 12.4. The number of rotatable bonds is 10. The van der Waals surface area contributed by atoms with Crippen LogP contribution in [0.25, 0.3) is 0 Å². The van der Waals surface area contributed by atoms with Crippen LogP contribution in [0.5, 0.6) is 5.75 Å². The quantitative estimate of drug-likeness (QED) is 0.223. The highest BCUT2D eigenvalue weighted by molar-refractivity contribution is 6.30. The topological polar surface area (TPSA) is 126 Å². The molecule has 0 unspecified atom stereocenters. The molecule has 9 nitrogen and oxygen atoms in total. The summed E-state index contributed by atoms with van der Waals surface area (Å²) in [5, 5.41) is 8.10. The third-order valence-electron chi connectivity index (χ3n) is 6.22. The number of anilines is 1. The van der Waals surface area contributed by atoms with Crippen LogP contribution in [0.3, 0.4) is 0 Å². The molecule has 1 heterocycles. The number of nitrogens with zero attached hydrogens (tertiary/aromatic N) is 2. The standard InChI is InChI=1S/C29H29ClN4O5/c1-2-38-27(36)13-14-33-17-26(35)34(16-19-5-9-22(30)10-6-19)25-12-11-23(15-24(25)29(33)37)39-18-20-3-7-21(8-4-20)28(31)32/h3-12,15H,2,13-14,16-18H2,1H3,(H3,31,32). The van der Waals surface area contributed by atoms with Crippen molar-refractivity contribution in [3.05, 3.63) is 94.0 Å². The van der Waals surface area contributed by atoms with E-state index < -0.39 is 5.97 Å². The number of amides is 2. The molecular weight excluding hydrogens is 520 g/mol. The Morgan fingerprint density at radius 1 is 1.03 bits per heavy atom. The third-order valence-corrected chi connectivity index (χ3v) is 6.47. The molecule has 4 rings (SSSR count). The van der Waals surface area contributed by atoms with Crippen LogP contribution in [-0.2, 0) is 27.5 Å². The molecule has 0 aliphatic carbocycles.